The summed E-state index contributed by atoms with van der Waals surface area (Å²) in [6.45, 7) is 5.08. The first-order chi connectivity index (χ1) is 17.6. The molecule has 0 aliphatic rings. The second-order valence-electron chi connectivity index (χ2n) is 9.18. The van der Waals surface area contributed by atoms with Gasteiger partial charge in [0.25, 0.3) is 0 Å². The number of esters is 1. The molecule has 0 unspecified atom stereocenters. The van der Waals surface area contributed by atoms with Crippen molar-refractivity contribution in [3.05, 3.63) is 77.7 Å². The third-order valence-electron chi connectivity index (χ3n) is 6.19. The van der Waals surface area contributed by atoms with E-state index in [1.807, 2.05) is 24.3 Å². The van der Waals surface area contributed by atoms with Gasteiger partial charge in [0.15, 0.2) is 0 Å². The molecule has 1 heterocycles. The van der Waals surface area contributed by atoms with Crippen molar-refractivity contribution in [2.75, 3.05) is 6.61 Å². The van der Waals surface area contributed by atoms with Gasteiger partial charge in [-0.2, -0.15) is 0 Å². The van der Waals surface area contributed by atoms with E-state index in [-0.39, 0.29) is 11.3 Å². The number of aromatic nitrogens is 1. The molecule has 3 rings (SSSR count). The van der Waals surface area contributed by atoms with E-state index in [4.69, 9.17) is 9.47 Å². The minimum atomic E-state index is -0.728. The Labute approximate surface area is 214 Å². The zero-order chi connectivity index (χ0) is 25.6. The SMILES string of the molecule is CCCCCCCCOc1ccc(-c2ccc(OC(=O)c3ccc(CCCCC)cc3F)cn2)cc1. The predicted molar refractivity (Wildman–Crippen MR) is 143 cm³/mol. The molecule has 192 valence electrons. The van der Waals surface area contributed by atoms with E-state index in [9.17, 15) is 9.18 Å². The highest BCUT2D eigenvalue weighted by Crippen LogP contribution is 2.23. The lowest BCUT2D eigenvalue weighted by Gasteiger charge is -2.09. The Morgan fingerprint density at radius 2 is 1.50 bits per heavy atom. The Kier molecular flexibility index (Phi) is 11.4. The number of benzene rings is 2. The predicted octanol–water partition coefficient (Wildman–Crippen LogP) is 8.58. The van der Waals surface area contributed by atoms with Gasteiger partial charge in [0.1, 0.15) is 17.3 Å². The summed E-state index contributed by atoms with van der Waals surface area (Å²) in [5.41, 5.74) is 2.50. The van der Waals surface area contributed by atoms with Crippen LogP contribution in [-0.4, -0.2) is 17.6 Å². The van der Waals surface area contributed by atoms with Crippen LogP contribution in [0.5, 0.6) is 11.5 Å². The van der Waals surface area contributed by atoms with Crippen LogP contribution in [0.25, 0.3) is 11.3 Å². The Morgan fingerprint density at radius 3 is 2.19 bits per heavy atom. The van der Waals surface area contributed by atoms with Gasteiger partial charge in [0, 0.05) is 5.56 Å². The molecule has 3 aromatic rings. The number of halogens is 1. The second kappa shape index (κ2) is 15.0. The van der Waals surface area contributed by atoms with E-state index in [1.54, 1.807) is 18.2 Å². The Bertz CT molecular complexity index is 1060. The Balaban J connectivity index is 1.49. The molecular formula is C31H38FNO3. The van der Waals surface area contributed by atoms with Crippen LogP contribution in [0.15, 0.2) is 60.8 Å². The molecule has 0 spiro atoms. The molecule has 0 aliphatic carbocycles. The van der Waals surface area contributed by atoms with Crippen LogP contribution >= 0.6 is 0 Å². The monoisotopic (exact) mass is 491 g/mol. The van der Waals surface area contributed by atoms with E-state index in [0.29, 0.717) is 0 Å². The maximum atomic E-state index is 14.5. The molecule has 0 atom stereocenters. The van der Waals surface area contributed by atoms with E-state index in [0.717, 1.165) is 61.3 Å². The molecule has 0 fully saturated rings. The standard InChI is InChI=1S/C31H38FNO3/c1-3-5-7-8-9-11-21-35-26-16-14-25(15-17-26)30-20-18-27(23-33-30)36-31(34)28-19-13-24(22-29(28)32)12-10-6-4-2/h13-20,22-23H,3-12,21H2,1-2H3. The minimum Gasteiger partial charge on any atom is -0.494 e. The van der Waals surface area contributed by atoms with E-state index in [2.05, 4.69) is 18.8 Å². The van der Waals surface area contributed by atoms with Gasteiger partial charge in [-0.3, -0.25) is 4.98 Å². The van der Waals surface area contributed by atoms with Gasteiger partial charge in [-0.1, -0.05) is 64.9 Å². The molecule has 36 heavy (non-hydrogen) atoms. The van der Waals surface area contributed by atoms with Crippen LogP contribution in [0.3, 0.4) is 0 Å². The third kappa shape index (κ3) is 8.78. The number of ether oxygens (including phenoxy) is 2. The lowest BCUT2D eigenvalue weighted by atomic mass is 10.0. The molecule has 0 saturated heterocycles. The normalized spacial score (nSPS) is 10.9. The lowest BCUT2D eigenvalue weighted by molar-refractivity contribution is 0.0729. The smallest absolute Gasteiger partial charge is 0.346 e. The summed E-state index contributed by atoms with van der Waals surface area (Å²) >= 11 is 0. The Morgan fingerprint density at radius 1 is 0.806 bits per heavy atom. The van der Waals surface area contributed by atoms with Crippen LogP contribution < -0.4 is 9.47 Å². The molecule has 4 nitrogen and oxygen atoms in total. The highest BCUT2D eigenvalue weighted by Gasteiger charge is 2.15. The fourth-order valence-electron chi connectivity index (χ4n) is 4.03. The number of rotatable bonds is 15. The first-order valence-corrected chi connectivity index (χ1v) is 13.3. The van der Waals surface area contributed by atoms with Gasteiger partial charge in [0.2, 0.25) is 0 Å². The van der Waals surface area contributed by atoms with Gasteiger partial charge in [-0.05, 0) is 73.4 Å². The zero-order valence-electron chi connectivity index (χ0n) is 21.6. The molecule has 0 N–H and O–H groups in total. The first-order valence-electron chi connectivity index (χ1n) is 13.3. The summed E-state index contributed by atoms with van der Waals surface area (Å²) in [6, 6.07) is 16.0. The molecule has 1 aromatic heterocycles. The van der Waals surface area contributed by atoms with Crippen LogP contribution in [0.4, 0.5) is 4.39 Å². The van der Waals surface area contributed by atoms with E-state index in [1.165, 1.54) is 50.4 Å². The highest BCUT2D eigenvalue weighted by molar-refractivity contribution is 5.91. The fraction of sp³-hybridized carbons (Fsp3) is 0.419. The molecule has 5 heteroatoms. The van der Waals surface area contributed by atoms with Crippen LogP contribution in [0, 0.1) is 5.82 Å². The highest BCUT2D eigenvalue weighted by atomic mass is 19.1. The third-order valence-corrected chi connectivity index (χ3v) is 6.19. The van der Waals surface area contributed by atoms with Crippen molar-refractivity contribution in [2.24, 2.45) is 0 Å². The van der Waals surface area contributed by atoms with Crippen molar-refractivity contribution in [3.63, 3.8) is 0 Å². The summed E-state index contributed by atoms with van der Waals surface area (Å²) in [4.78, 5) is 16.9. The number of aryl methyl sites for hydroxylation is 1. The molecule has 0 amide bonds. The summed E-state index contributed by atoms with van der Waals surface area (Å²) in [5, 5.41) is 0. The molecular weight excluding hydrogens is 453 g/mol. The largest absolute Gasteiger partial charge is 0.494 e. The Hall–Kier alpha value is -3.21. The van der Waals surface area contributed by atoms with Crippen molar-refractivity contribution >= 4 is 5.97 Å². The van der Waals surface area contributed by atoms with E-state index >= 15 is 0 Å². The number of hydrogen-bond acceptors (Lipinski definition) is 4. The maximum Gasteiger partial charge on any atom is 0.346 e. The van der Waals surface area contributed by atoms with Crippen molar-refractivity contribution < 1.29 is 18.7 Å². The van der Waals surface area contributed by atoms with Crippen LogP contribution in [0.1, 0.15) is 87.6 Å². The zero-order valence-corrected chi connectivity index (χ0v) is 21.6. The number of carbonyl (C=O) groups excluding carboxylic acids is 1. The van der Waals surface area contributed by atoms with Crippen molar-refractivity contribution in [1.82, 2.24) is 4.98 Å². The minimum absolute atomic E-state index is 0.0742. The van der Waals surface area contributed by atoms with Crippen molar-refractivity contribution in [3.8, 4) is 22.8 Å². The molecule has 2 aromatic carbocycles. The number of carbonyl (C=O) groups is 1. The molecule has 0 bridgehead atoms. The fourth-order valence-corrected chi connectivity index (χ4v) is 4.03. The molecule has 0 saturated carbocycles. The average Bonchev–Trinajstić information content (AvgIpc) is 2.89. The summed E-state index contributed by atoms with van der Waals surface area (Å²) in [6.07, 6.45) is 12.9. The van der Waals surface area contributed by atoms with Gasteiger partial charge in [-0.15, -0.1) is 0 Å². The van der Waals surface area contributed by atoms with Crippen molar-refractivity contribution in [1.29, 1.82) is 0 Å². The summed E-state index contributed by atoms with van der Waals surface area (Å²) < 4.78 is 25.7. The van der Waals surface area contributed by atoms with E-state index < -0.39 is 11.8 Å². The average molecular weight is 492 g/mol. The topological polar surface area (TPSA) is 48.4 Å². The number of hydrogen-bond donors (Lipinski definition) is 0. The van der Waals surface area contributed by atoms with Crippen LogP contribution in [0.2, 0.25) is 0 Å². The second-order valence-corrected chi connectivity index (χ2v) is 9.18. The number of pyridine rings is 1. The first kappa shape index (κ1) is 27.4. The molecule has 0 radical (unpaired) electrons. The lowest BCUT2D eigenvalue weighted by Crippen LogP contribution is -2.11. The quantitative estimate of drug-likeness (QED) is 0.158. The van der Waals surface area contributed by atoms with Gasteiger partial charge in [0.05, 0.1) is 24.1 Å². The summed E-state index contributed by atoms with van der Waals surface area (Å²) in [7, 11) is 0. The summed E-state index contributed by atoms with van der Waals surface area (Å²) in [5.74, 6) is -0.170. The van der Waals surface area contributed by atoms with Crippen molar-refractivity contribution in [2.45, 2.75) is 78.1 Å². The number of unbranched alkanes of at least 4 members (excludes halogenated alkanes) is 7. The van der Waals surface area contributed by atoms with Gasteiger partial charge >= 0.3 is 5.97 Å². The van der Waals surface area contributed by atoms with Gasteiger partial charge in [-0.25, -0.2) is 9.18 Å². The number of nitrogens with zero attached hydrogens (tertiary/aromatic N) is 1. The van der Waals surface area contributed by atoms with Gasteiger partial charge < -0.3 is 9.47 Å². The molecule has 0 aliphatic heterocycles. The maximum absolute atomic E-state index is 14.5. The van der Waals surface area contributed by atoms with Crippen LogP contribution in [-0.2, 0) is 6.42 Å².